The molecule has 0 amide bonds. The lowest BCUT2D eigenvalue weighted by molar-refractivity contribution is 0.305. The largest absolute Gasteiger partial charge is 0.488 e. The number of fused-ring (bicyclic) bond motifs is 3. The molecular weight excluding hydrogens is 469 g/mol. The molecule has 0 saturated heterocycles. The van der Waals surface area contributed by atoms with Gasteiger partial charge in [-0.3, -0.25) is 9.51 Å². The molecule has 186 valence electrons. The molecule has 6 rings (SSSR count). The number of aromatic amines is 2. The highest BCUT2D eigenvalue weighted by atomic mass is 19.1. The van der Waals surface area contributed by atoms with Crippen molar-refractivity contribution < 1.29 is 13.7 Å². The van der Waals surface area contributed by atoms with E-state index in [1.807, 2.05) is 6.92 Å². The lowest BCUT2D eigenvalue weighted by Gasteiger charge is -2.14. The quantitative estimate of drug-likeness (QED) is 0.296. The van der Waals surface area contributed by atoms with Crippen LogP contribution in [-0.4, -0.2) is 15.1 Å². The van der Waals surface area contributed by atoms with Gasteiger partial charge in [0.25, 0.3) is 0 Å². The van der Waals surface area contributed by atoms with Gasteiger partial charge in [0.1, 0.15) is 18.2 Å². The maximum atomic E-state index is 14.1. The fourth-order valence-corrected chi connectivity index (χ4v) is 5.28. The van der Waals surface area contributed by atoms with E-state index in [0.717, 1.165) is 52.6 Å². The molecule has 0 saturated carbocycles. The molecule has 0 spiro atoms. The van der Waals surface area contributed by atoms with Crippen LogP contribution in [0.2, 0.25) is 0 Å². The summed E-state index contributed by atoms with van der Waals surface area (Å²) in [5.41, 5.74) is 9.07. The van der Waals surface area contributed by atoms with E-state index in [4.69, 9.17) is 9.26 Å². The summed E-state index contributed by atoms with van der Waals surface area (Å²) in [5, 5.41) is 5.13. The second-order valence-electron chi connectivity index (χ2n) is 9.42. The van der Waals surface area contributed by atoms with Gasteiger partial charge < -0.3 is 9.72 Å². The van der Waals surface area contributed by atoms with E-state index in [1.54, 1.807) is 6.07 Å². The molecule has 2 aromatic heterocycles. The Hall–Kier alpha value is -4.39. The number of hydrogen-bond acceptors (Lipinski definition) is 4. The Bertz CT molecular complexity index is 1720. The number of H-pyrrole nitrogens is 2. The van der Waals surface area contributed by atoms with Gasteiger partial charge in [0, 0.05) is 33.8 Å². The number of nitrogens with one attached hydrogen (secondary N) is 2. The molecule has 0 radical (unpaired) electrons. The molecule has 1 aliphatic rings. The van der Waals surface area contributed by atoms with Crippen LogP contribution in [0.25, 0.3) is 22.0 Å². The van der Waals surface area contributed by atoms with Crippen molar-refractivity contribution >= 4 is 22.0 Å². The summed E-state index contributed by atoms with van der Waals surface area (Å²) < 4.78 is 25.0. The number of aromatic nitrogens is 3. The molecule has 7 heteroatoms. The van der Waals surface area contributed by atoms with Crippen LogP contribution < -0.4 is 10.5 Å². The molecule has 0 aliphatic carbocycles. The van der Waals surface area contributed by atoms with Gasteiger partial charge in [-0.2, -0.15) is 0 Å². The summed E-state index contributed by atoms with van der Waals surface area (Å²) in [6.07, 6.45) is 2.83. The summed E-state index contributed by atoms with van der Waals surface area (Å²) >= 11 is 0. The minimum absolute atomic E-state index is 0.293. The lowest BCUT2D eigenvalue weighted by atomic mass is 9.88. The van der Waals surface area contributed by atoms with Crippen molar-refractivity contribution in [2.45, 2.75) is 39.7 Å². The zero-order valence-corrected chi connectivity index (χ0v) is 20.7. The number of ether oxygens (including phenoxy) is 1. The number of hydrogen-bond donors (Lipinski definition) is 2. The number of halogens is 1. The molecule has 37 heavy (non-hydrogen) atoms. The predicted molar refractivity (Wildman–Crippen MR) is 141 cm³/mol. The molecule has 5 aromatic rings. The van der Waals surface area contributed by atoms with E-state index in [-0.39, 0.29) is 5.82 Å². The molecule has 0 bridgehead atoms. The summed E-state index contributed by atoms with van der Waals surface area (Å²) in [4.78, 5) is 17.9. The van der Waals surface area contributed by atoms with E-state index < -0.39 is 5.76 Å². The van der Waals surface area contributed by atoms with Gasteiger partial charge in [-0.25, -0.2) is 9.18 Å². The number of rotatable bonds is 5. The van der Waals surface area contributed by atoms with Crippen LogP contribution in [0.1, 0.15) is 59.6 Å². The highest BCUT2D eigenvalue weighted by Crippen LogP contribution is 2.41. The third-order valence-electron chi connectivity index (χ3n) is 6.99. The molecular formula is C30H26FN3O3. The molecule has 2 N–H and O–H groups in total. The summed E-state index contributed by atoms with van der Waals surface area (Å²) in [6, 6.07) is 19.3. The van der Waals surface area contributed by atoms with Crippen molar-refractivity contribution in [2.24, 2.45) is 0 Å². The first-order valence-electron chi connectivity index (χ1n) is 12.4. The van der Waals surface area contributed by atoms with Crippen molar-refractivity contribution in [2.75, 3.05) is 0 Å². The Morgan fingerprint density at radius 2 is 1.89 bits per heavy atom. The van der Waals surface area contributed by atoms with Crippen LogP contribution in [0.3, 0.4) is 0 Å². The maximum absolute atomic E-state index is 14.1. The number of allylic oxidation sites excluding steroid dienone is 1. The molecule has 1 aliphatic heterocycles. The van der Waals surface area contributed by atoms with E-state index in [2.05, 4.69) is 64.5 Å². The van der Waals surface area contributed by atoms with Crippen LogP contribution in [0.5, 0.6) is 5.75 Å². The monoisotopic (exact) mass is 495 g/mol. The van der Waals surface area contributed by atoms with Gasteiger partial charge in [-0.15, -0.1) is 0 Å². The first kappa shape index (κ1) is 23.0. The molecule has 6 nitrogen and oxygen atoms in total. The van der Waals surface area contributed by atoms with Crippen LogP contribution in [-0.2, 0) is 19.4 Å². The maximum Gasteiger partial charge on any atom is 0.439 e. The average Bonchev–Trinajstić information content (AvgIpc) is 3.44. The first-order chi connectivity index (χ1) is 18.0. The van der Waals surface area contributed by atoms with E-state index in [1.165, 1.54) is 28.8 Å². The lowest BCUT2D eigenvalue weighted by Crippen LogP contribution is -2.01. The SMILES string of the molecule is CCCc1[nH]c2ccccc2c1Cc1ccc2c(c1)COc1cc(F)ccc1/C2=C(/C)c1noc(=O)[nH]1. The molecule has 0 unspecified atom stereocenters. The number of aryl methyl sites for hydroxylation is 1. The zero-order valence-electron chi connectivity index (χ0n) is 20.7. The van der Waals surface area contributed by atoms with E-state index >= 15 is 0 Å². The summed E-state index contributed by atoms with van der Waals surface area (Å²) in [5.74, 6) is -0.230. The minimum atomic E-state index is -0.628. The molecule has 3 heterocycles. The highest BCUT2D eigenvalue weighted by molar-refractivity contribution is 5.99. The fraction of sp³-hybridized carbons (Fsp3) is 0.200. The van der Waals surface area contributed by atoms with Gasteiger partial charge in [-0.1, -0.05) is 54.9 Å². The van der Waals surface area contributed by atoms with E-state index in [9.17, 15) is 9.18 Å². The number of benzene rings is 3. The predicted octanol–water partition coefficient (Wildman–Crippen LogP) is 6.40. The third-order valence-corrected chi connectivity index (χ3v) is 6.99. The Morgan fingerprint density at radius 3 is 2.70 bits per heavy atom. The van der Waals surface area contributed by atoms with Crippen LogP contribution in [0.15, 0.2) is 70.0 Å². The van der Waals surface area contributed by atoms with Crippen LogP contribution in [0.4, 0.5) is 4.39 Å². The molecule has 3 aromatic carbocycles. The second kappa shape index (κ2) is 9.24. The summed E-state index contributed by atoms with van der Waals surface area (Å²) in [7, 11) is 0. The van der Waals surface area contributed by atoms with Crippen molar-refractivity contribution in [3.05, 3.63) is 116 Å². The van der Waals surface area contributed by atoms with Gasteiger partial charge in [0.15, 0.2) is 5.82 Å². The topological polar surface area (TPSA) is 83.9 Å². The highest BCUT2D eigenvalue weighted by Gasteiger charge is 2.24. The Kier molecular flexibility index (Phi) is 5.75. The zero-order chi connectivity index (χ0) is 25.5. The van der Waals surface area contributed by atoms with Crippen molar-refractivity contribution in [3.63, 3.8) is 0 Å². The first-order valence-corrected chi connectivity index (χ1v) is 12.4. The molecule has 0 atom stereocenters. The van der Waals surface area contributed by atoms with Crippen molar-refractivity contribution in [3.8, 4) is 5.75 Å². The van der Waals surface area contributed by atoms with Gasteiger partial charge in [0.05, 0.1) is 0 Å². The third kappa shape index (κ3) is 4.16. The fourth-order valence-electron chi connectivity index (χ4n) is 5.28. The van der Waals surface area contributed by atoms with Gasteiger partial charge in [-0.05, 0) is 65.8 Å². The Labute approximate surface area is 212 Å². The van der Waals surface area contributed by atoms with Crippen molar-refractivity contribution in [1.29, 1.82) is 0 Å². The Balaban J connectivity index is 1.48. The smallest absolute Gasteiger partial charge is 0.439 e. The summed E-state index contributed by atoms with van der Waals surface area (Å²) in [6.45, 7) is 4.34. The Morgan fingerprint density at radius 1 is 1.05 bits per heavy atom. The van der Waals surface area contributed by atoms with E-state index in [0.29, 0.717) is 23.8 Å². The molecule has 0 fully saturated rings. The van der Waals surface area contributed by atoms with Gasteiger partial charge in [0.2, 0.25) is 0 Å². The standard InChI is InChI=1S/C30H26FN3O3/c1-3-6-25-24(22-7-4-5-8-26(22)32-25)14-18-9-11-21-19(13-18)16-36-27-15-20(31)10-12-23(27)28(21)17(2)29-33-30(35)37-34-29/h4-5,7-13,15,32H,3,6,14,16H2,1-2H3,(H,33,34,35)/b28-17-. The van der Waals surface area contributed by atoms with Gasteiger partial charge >= 0.3 is 5.76 Å². The minimum Gasteiger partial charge on any atom is -0.488 e. The second-order valence-corrected chi connectivity index (χ2v) is 9.42. The van der Waals surface area contributed by atoms with Crippen LogP contribution in [0, 0.1) is 5.82 Å². The average molecular weight is 496 g/mol. The normalized spacial score (nSPS) is 14.1. The van der Waals surface area contributed by atoms with Crippen molar-refractivity contribution in [1.82, 2.24) is 15.1 Å². The van der Waals surface area contributed by atoms with Crippen LogP contribution >= 0.6 is 0 Å². The number of nitrogens with zero attached hydrogens (tertiary/aromatic N) is 1. The number of para-hydroxylation sites is 1.